The first kappa shape index (κ1) is 15.1. The third-order valence-corrected chi connectivity index (χ3v) is 4.58. The maximum absolute atomic E-state index is 10.7. The number of hydrogen-bond donors (Lipinski definition) is 1. The minimum absolute atomic E-state index is 0.545. The second-order valence-corrected chi connectivity index (χ2v) is 6.61. The van der Waals surface area contributed by atoms with Gasteiger partial charge in [-0.1, -0.05) is 29.3 Å². The van der Waals surface area contributed by atoms with E-state index >= 15 is 0 Å². The van der Waals surface area contributed by atoms with Gasteiger partial charge in [0.25, 0.3) is 0 Å². The average Bonchev–Trinajstić information content (AvgIpc) is 2.33. The summed E-state index contributed by atoms with van der Waals surface area (Å²) in [7, 11) is 0. The van der Waals surface area contributed by atoms with E-state index in [1.165, 1.54) is 0 Å². The molecule has 19 heavy (non-hydrogen) atoms. The zero-order valence-corrected chi connectivity index (χ0v) is 13.0. The lowest BCUT2D eigenvalue weighted by Crippen LogP contribution is -2.47. The Bertz CT molecular complexity index is 440. The second kappa shape index (κ2) is 6.01. The van der Waals surface area contributed by atoms with Crippen molar-refractivity contribution < 1.29 is 5.11 Å². The Labute approximate surface area is 125 Å². The van der Waals surface area contributed by atoms with Crippen molar-refractivity contribution in [1.82, 2.24) is 4.90 Å². The summed E-state index contributed by atoms with van der Waals surface area (Å²) >= 11 is 12.1. The lowest BCUT2D eigenvalue weighted by atomic mass is 9.85. The van der Waals surface area contributed by atoms with Crippen LogP contribution in [0.3, 0.4) is 0 Å². The summed E-state index contributed by atoms with van der Waals surface area (Å²) in [5.74, 6) is 0. The highest BCUT2D eigenvalue weighted by atomic mass is 35.5. The van der Waals surface area contributed by atoms with Crippen LogP contribution in [0.25, 0.3) is 0 Å². The van der Waals surface area contributed by atoms with Gasteiger partial charge in [0.1, 0.15) is 0 Å². The van der Waals surface area contributed by atoms with Crippen LogP contribution < -0.4 is 0 Å². The van der Waals surface area contributed by atoms with E-state index in [0.717, 1.165) is 31.5 Å². The molecule has 1 aromatic rings. The lowest BCUT2D eigenvalue weighted by Gasteiger charge is -2.40. The van der Waals surface area contributed by atoms with Crippen molar-refractivity contribution in [3.63, 3.8) is 0 Å². The molecule has 0 bridgehead atoms. The molecule has 2 rings (SSSR count). The number of rotatable bonds is 3. The van der Waals surface area contributed by atoms with Gasteiger partial charge in [0, 0.05) is 35.6 Å². The molecule has 0 spiro atoms. The van der Waals surface area contributed by atoms with Crippen molar-refractivity contribution in [3.05, 3.63) is 33.8 Å². The van der Waals surface area contributed by atoms with Gasteiger partial charge in [0.15, 0.2) is 0 Å². The van der Waals surface area contributed by atoms with Crippen LogP contribution in [-0.2, 0) is 6.42 Å². The SMILES string of the molecule is CC(C)N1CCC(O)(Cc2ccc(Cl)cc2Cl)CC1. The Hall–Kier alpha value is -0.280. The van der Waals surface area contributed by atoms with Crippen molar-refractivity contribution in [2.75, 3.05) is 13.1 Å². The molecule has 1 heterocycles. The monoisotopic (exact) mass is 301 g/mol. The first-order valence-electron chi connectivity index (χ1n) is 6.80. The van der Waals surface area contributed by atoms with Gasteiger partial charge in [-0.05, 0) is 44.4 Å². The Morgan fingerprint density at radius 2 is 1.89 bits per heavy atom. The van der Waals surface area contributed by atoms with Crippen molar-refractivity contribution in [2.45, 2.75) is 44.8 Å². The number of piperidine rings is 1. The molecule has 1 aliphatic heterocycles. The smallest absolute Gasteiger partial charge is 0.0712 e. The molecule has 0 amide bonds. The summed E-state index contributed by atoms with van der Waals surface area (Å²) in [4.78, 5) is 2.40. The summed E-state index contributed by atoms with van der Waals surface area (Å²) in [5.41, 5.74) is 0.342. The van der Waals surface area contributed by atoms with E-state index in [9.17, 15) is 5.11 Å². The van der Waals surface area contributed by atoms with Crippen LogP contribution in [0.4, 0.5) is 0 Å². The fourth-order valence-electron chi connectivity index (χ4n) is 2.65. The van der Waals surface area contributed by atoms with E-state index < -0.39 is 5.60 Å². The van der Waals surface area contributed by atoms with Gasteiger partial charge >= 0.3 is 0 Å². The van der Waals surface area contributed by atoms with E-state index in [0.29, 0.717) is 22.5 Å². The van der Waals surface area contributed by atoms with Gasteiger partial charge < -0.3 is 10.0 Å². The van der Waals surface area contributed by atoms with Gasteiger partial charge in [-0.25, -0.2) is 0 Å². The molecule has 0 unspecified atom stereocenters. The Kier molecular flexibility index (Phi) is 4.78. The number of halogens is 2. The van der Waals surface area contributed by atoms with Gasteiger partial charge in [-0.2, -0.15) is 0 Å². The van der Waals surface area contributed by atoms with Crippen LogP contribution in [0, 0.1) is 0 Å². The molecule has 0 aliphatic carbocycles. The third kappa shape index (κ3) is 3.85. The quantitative estimate of drug-likeness (QED) is 0.918. The molecule has 1 saturated heterocycles. The highest BCUT2D eigenvalue weighted by Gasteiger charge is 2.33. The first-order valence-corrected chi connectivity index (χ1v) is 7.56. The summed E-state index contributed by atoms with van der Waals surface area (Å²) in [6.45, 7) is 6.28. The van der Waals surface area contributed by atoms with Crippen LogP contribution in [0.15, 0.2) is 18.2 Å². The molecule has 0 atom stereocenters. The number of nitrogens with zero attached hydrogens (tertiary/aromatic N) is 1. The predicted molar refractivity (Wildman–Crippen MR) is 81.1 cm³/mol. The third-order valence-electron chi connectivity index (χ3n) is 3.99. The van der Waals surface area contributed by atoms with Gasteiger partial charge in [-0.15, -0.1) is 0 Å². The molecule has 1 N–H and O–H groups in total. The van der Waals surface area contributed by atoms with Crippen LogP contribution in [0.2, 0.25) is 10.0 Å². The summed E-state index contributed by atoms with van der Waals surface area (Å²) in [5, 5.41) is 12.0. The van der Waals surface area contributed by atoms with Crippen molar-refractivity contribution >= 4 is 23.2 Å². The van der Waals surface area contributed by atoms with E-state index in [1.54, 1.807) is 6.07 Å². The Balaban J connectivity index is 2.03. The van der Waals surface area contributed by atoms with Crippen molar-refractivity contribution in [1.29, 1.82) is 0 Å². The molecule has 1 aliphatic rings. The molecule has 1 fully saturated rings. The minimum atomic E-state index is -0.636. The maximum atomic E-state index is 10.7. The maximum Gasteiger partial charge on any atom is 0.0712 e. The van der Waals surface area contributed by atoms with E-state index in [-0.39, 0.29) is 0 Å². The van der Waals surface area contributed by atoms with Crippen LogP contribution in [0.1, 0.15) is 32.3 Å². The highest BCUT2D eigenvalue weighted by Crippen LogP contribution is 2.31. The van der Waals surface area contributed by atoms with Crippen LogP contribution in [-0.4, -0.2) is 34.7 Å². The molecular formula is C15H21Cl2NO. The fraction of sp³-hybridized carbons (Fsp3) is 0.600. The lowest BCUT2D eigenvalue weighted by molar-refractivity contribution is -0.0271. The topological polar surface area (TPSA) is 23.5 Å². The largest absolute Gasteiger partial charge is 0.389 e. The summed E-state index contributed by atoms with van der Waals surface area (Å²) in [6.07, 6.45) is 2.20. The molecule has 0 radical (unpaired) electrons. The van der Waals surface area contributed by atoms with E-state index in [2.05, 4.69) is 18.7 Å². The number of likely N-dealkylation sites (tertiary alicyclic amines) is 1. The molecule has 0 aromatic heterocycles. The van der Waals surface area contributed by atoms with Crippen molar-refractivity contribution in [3.8, 4) is 0 Å². The fourth-order valence-corrected chi connectivity index (χ4v) is 3.13. The molecule has 4 heteroatoms. The van der Waals surface area contributed by atoms with Gasteiger partial charge in [0.05, 0.1) is 5.60 Å². The number of hydrogen-bond acceptors (Lipinski definition) is 2. The van der Waals surface area contributed by atoms with E-state index in [1.807, 2.05) is 12.1 Å². The van der Waals surface area contributed by atoms with Crippen LogP contribution >= 0.6 is 23.2 Å². The Morgan fingerprint density at radius 3 is 2.42 bits per heavy atom. The highest BCUT2D eigenvalue weighted by molar-refractivity contribution is 6.35. The zero-order chi connectivity index (χ0) is 14.0. The summed E-state index contributed by atoms with van der Waals surface area (Å²) in [6, 6.07) is 6.03. The van der Waals surface area contributed by atoms with Gasteiger partial charge in [-0.3, -0.25) is 0 Å². The molecule has 1 aromatic carbocycles. The molecule has 0 saturated carbocycles. The predicted octanol–water partition coefficient (Wildman–Crippen LogP) is 3.77. The summed E-state index contributed by atoms with van der Waals surface area (Å²) < 4.78 is 0. The molecular weight excluding hydrogens is 281 g/mol. The molecule has 2 nitrogen and oxygen atoms in total. The second-order valence-electron chi connectivity index (χ2n) is 5.77. The van der Waals surface area contributed by atoms with Crippen molar-refractivity contribution in [2.24, 2.45) is 0 Å². The van der Waals surface area contributed by atoms with E-state index in [4.69, 9.17) is 23.2 Å². The first-order chi connectivity index (χ1) is 8.89. The van der Waals surface area contributed by atoms with Gasteiger partial charge in [0.2, 0.25) is 0 Å². The van der Waals surface area contributed by atoms with Crippen LogP contribution in [0.5, 0.6) is 0 Å². The number of aliphatic hydroxyl groups is 1. The normalized spacial score (nSPS) is 19.9. The standard InChI is InChI=1S/C15H21Cl2NO/c1-11(2)18-7-5-15(19,6-8-18)10-12-3-4-13(16)9-14(12)17/h3-4,9,11,19H,5-8,10H2,1-2H3. The number of benzene rings is 1. The zero-order valence-electron chi connectivity index (χ0n) is 11.5. The molecule has 106 valence electrons. The Morgan fingerprint density at radius 1 is 1.26 bits per heavy atom. The minimum Gasteiger partial charge on any atom is -0.389 e. The average molecular weight is 302 g/mol.